The number of phenolic OH excluding ortho intramolecular Hbond substituents is 1. The molecule has 3 aromatic carbocycles. The molecule has 4 rings (SSSR count). The zero-order valence-electron chi connectivity index (χ0n) is 20.0. The van der Waals surface area contributed by atoms with Gasteiger partial charge in [0.05, 0.1) is 12.2 Å². The Labute approximate surface area is 207 Å². The lowest BCUT2D eigenvalue weighted by atomic mass is 10.0. The molecule has 3 aromatic rings. The van der Waals surface area contributed by atoms with Crippen molar-refractivity contribution < 1.29 is 33.4 Å². The molecule has 1 amide bonds. The standard InChI is InChI=1S/C28H26FNO6/c1-3-35-26(33)15-25(32)30-23-13-16(2)28(21-6-4-5-20(21)23)36-19-11-12-24(31)22(14-19)27(34)17-7-9-18(29)10-8-17/h7-14,31H,3-6,15H2,1-2H3,(H,30,32). The third-order valence-electron chi connectivity index (χ3n) is 5.96. The molecule has 0 atom stereocenters. The smallest absolute Gasteiger partial charge is 0.315 e. The highest BCUT2D eigenvalue weighted by molar-refractivity contribution is 6.10. The van der Waals surface area contributed by atoms with E-state index in [9.17, 15) is 23.9 Å². The van der Waals surface area contributed by atoms with Crippen molar-refractivity contribution >= 4 is 23.3 Å². The van der Waals surface area contributed by atoms with Gasteiger partial charge in [-0.15, -0.1) is 0 Å². The Morgan fingerprint density at radius 2 is 1.75 bits per heavy atom. The molecule has 0 heterocycles. The van der Waals surface area contributed by atoms with E-state index >= 15 is 0 Å². The minimum absolute atomic E-state index is 0.0382. The van der Waals surface area contributed by atoms with Crippen molar-refractivity contribution in [1.29, 1.82) is 0 Å². The summed E-state index contributed by atoms with van der Waals surface area (Å²) < 4.78 is 24.3. The van der Waals surface area contributed by atoms with Crippen LogP contribution < -0.4 is 10.1 Å². The summed E-state index contributed by atoms with van der Waals surface area (Å²) in [6, 6.07) is 11.3. The number of carbonyl (C=O) groups is 3. The highest BCUT2D eigenvalue weighted by Gasteiger charge is 2.24. The lowest BCUT2D eigenvalue weighted by molar-refractivity contribution is -0.145. The van der Waals surface area contributed by atoms with Gasteiger partial charge in [0.2, 0.25) is 5.91 Å². The quantitative estimate of drug-likeness (QED) is 0.254. The van der Waals surface area contributed by atoms with Gasteiger partial charge < -0.3 is 19.9 Å². The summed E-state index contributed by atoms with van der Waals surface area (Å²) >= 11 is 0. The number of carbonyl (C=O) groups excluding carboxylic acids is 3. The van der Waals surface area contributed by atoms with Crippen LogP contribution in [0.5, 0.6) is 17.2 Å². The first-order valence-electron chi connectivity index (χ1n) is 11.7. The van der Waals surface area contributed by atoms with Crippen molar-refractivity contribution in [3.05, 3.63) is 82.2 Å². The van der Waals surface area contributed by atoms with Crippen molar-refractivity contribution in [3.63, 3.8) is 0 Å². The van der Waals surface area contributed by atoms with Crippen LogP contribution in [0.3, 0.4) is 0 Å². The molecule has 0 saturated heterocycles. The van der Waals surface area contributed by atoms with Crippen LogP contribution >= 0.6 is 0 Å². The molecule has 0 aliphatic heterocycles. The number of benzene rings is 3. The Balaban J connectivity index is 1.60. The molecule has 36 heavy (non-hydrogen) atoms. The molecule has 0 bridgehead atoms. The second kappa shape index (κ2) is 10.6. The summed E-state index contributed by atoms with van der Waals surface area (Å²) in [5.41, 5.74) is 3.57. The Morgan fingerprint density at radius 3 is 2.47 bits per heavy atom. The molecule has 0 fully saturated rings. The average molecular weight is 492 g/mol. The van der Waals surface area contributed by atoms with E-state index in [0.29, 0.717) is 17.2 Å². The second-order valence-corrected chi connectivity index (χ2v) is 8.53. The minimum Gasteiger partial charge on any atom is -0.507 e. The normalized spacial score (nSPS) is 12.1. The number of aromatic hydroxyl groups is 1. The van der Waals surface area contributed by atoms with Crippen LogP contribution in [-0.2, 0) is 27.2 Å². The molecule has 0 unspecified atom stereocenters. The highest BCUT2D eigenvalue weighted by Crippen LogP contribution is 2.41. The molecular weight excluding hydrogens is 465 g/mol. The van der Waals surface area contributed by atoms with E-state index in [1.54, 1.807) is 19.1 Å². The predicted octanol–water partition coefficient (Wildman–Crippen LogP) is 5.24. The molecule has 7 nitrogen and oxygen atoms in total. The molecule has 1 aliphatic rings. The number of nitrogens with one attached hydrogen (secondary N) is 1. The van der Waals surface area contributed by atoms with Gasteiger partial charge in [-0.25, -0.2) is 4.39 Å². The maximum atomic E-state index is 13.2. The molecule has 0 spiro atoms. The third-order valence-corrected chi connectivity index (χ3v) is 5.96. The molecule has 0 saturated carbocycles. The van der Waals surface area contributed by atoms with E-state index in [0.717, 1.165) is 36.0 Å². The summed E-state index contributed by atoms with van der Waals surface area (Å²) in [6.45, 7) is 3.74. The van der Waals surface area contributed by atoms with Crippen LogP contribution in [0, 0.1) is 12.7 Å². The fourth-order valence-electron chi connectivity index (χ4n) is 4.32. The first-order chi connectivity index (χ1) is 17.3. The zero-order chi connectivity index (χ0) is 25.8. The van der Waals surface area contributed by atoms with Crippen molar-refractivity contribution in [2.24, 2.45) is 0 Å². The van der Waals surface area contributed by atoms with Crippen LogP contribution in [-0.4, -0.2) is 29.4 Å². The lowest BCUT2D eigenvalue weighted by Crippen LogP contribution is -2.19. The van der Waals surface area contributed by atoms with E-state index in [-0.39, 0.29) is 29.9 Å². The maximum Gasteiger partial charge on any atom is 0.315 e. The first-order valence-corrected chi connectivity index (χ1v) is 11.7. The number of anilines is 1. The summed E-state index contributed by atoms with van der Waals surface area (Å²) in [5.74, 6) is -1.18. The summed E-state index contributed by atoms with van der Waals surface area (Å²) in [4.78, 5) is 36.9. The zero-order valence-corrected chi connectivity index (χ0v) is 20.0. The van der Waals surface area contributed by atoms with Gasteiger partial charge in [0.25, 0.3) is 0 Å². The lowest BCUT2D eigenvalue weighted by Gasteiger charge is -2.18. The van der Waals surface area contributed by atoms with Crippen molar-refractivity contribution in [2.45, 2.75) is 39.5 Å². The fraction of sp³-hybridized carbons (Fsp3) is 0.250. The van der Waals surface area contributed by atoms with E-state index in [2.05, 4.69) is 5.32 Å². The van der Waals surface area contributed by atoms with Crippen LogP contribution in [0.1, 0.15) is 52.4 Å². The van der Waals surface area contributed by atoms with Crippen molar-refractivity contribution in [2.75, 3.05) is 11.9 Å². The largest absolute Gasteiger partial charge is 0.507 e. The predicted molar refractivity (Wildman–Crippen MR) is 131 cm³/mol. The van der Waals surface area contributed by atoms with E-state index in [1.165, 1.54) is 36.4 Å². The van der Waals surface area contributed by atoms with E-state index < -0.39 is 23.5 Å². The summed E-state index contributed by atoms with van der Waals surface area (Å²) in [5, 5.41) is 13.1. The molecular formula is C28H26FNO6. The number of fused-ring (bicyclic) bond motifs is 1. The monoisotopic (exact) mass is 491 g/mol. The fourth-order valence-corrected chi connectivity index (χ4v) is 4.32. The molecule has 1 aliphatic carbocycles. The Kier molecular flexibility index (Phi) is 7.33. The number of esters is 1. The number of rotatable bonds is 8. The molecule has 0 radical (unpaired) electrons. The van der Waals surface area contributed by atoms with Gasteiger partial charge in [0.15, 0.2) is 5.78 Å². The van der Waals surface area contributed by atoms with E-state index in [4.69, 9.17) is 9.47 Å². The van der Waals surface area contributed by atoms with Crippen LogP contribution in [0.25, 0.3) is 0 Å². The molecule has 186 valence electrons. The number of ketones is 1. The average Bonchev–Trinajstić information content (AvgIpc) is 3.33. The third kappa shape index (κ3) is 5.38. The number of ether oxygens (including phenoxy) is 2. The van der Waals surface area contributed by atoms with Crippen molar-refractivity contribution in [3.8, 4) is 17.2 Å². The second-order valence-electron chi connectivity index (χ2n) is 8.53. The number of phenols is 1. The minimum atomic E-state index is -0.582. The molecule has 8 heteroatoms. The number of hydrogen-bond donors (Lipinski definition) is 2. The van der Waals surface area contributed by atoms with Gasteiger partial charge >= 0.3 is 5.97 Å². The number of hydrogen-bond acceptors (Lipinski definition) is 6. The van der Waals surface area contributed by atoms with Gasteiger partial charge in [-0.2, -0.15) is 0 Å². The Bertz CT molecular complexity index is 1330. The molecule has 2 N–H and O–H groups in total. The highest BCUT2D eigenvalue weighted by atomic mass is 19.1. The Morgan fingerprint density at radius 1 is 1.03 bits per heavy atom. The number of aryl methyl sites for hydroxylation is 1. The topological polar surface area (TPSA) is 102 Å². The maximum absolute atomic E-state index is 13.2. The van der Waals surface area contributed by atoms with Crippen LogP contribution in [0.4, 0.5) is 10.1 Å². The number of amides is 1. The van der Waals surface area contributed by atoms with Gasteiger partial charge in [-0.3, -0.25) is 14.4 Å². The summed E-state index contributed by atoms with van der Waals surface area (Å²) in [6.07, 6.45) is 2.00. The van der Waals surface area contributed by atoms with Gasteiger partial charge in [-0.05, 0) is 92.8 Å². The van der Waals surface area contributed by atoms with Gasteiger partial charge in [0.1, 0.15) is 29.5 Å². The SMILES string of the molecule is CCOC(=O)CC(=O)Nc1cc(C)c(Oc2ccc(O)c(C(=O)c3ccc(F)cc3)c2)c2c1CCC2. The summed E-state index contributed by atoms with van der Waals surface area (Å²) in [7, 11) is 0. The van der Waals surface area contributed by atoms with Crippen molar-refractivity contribution in [1.82, 2.24) is 0 Å². The van der Waals surface area contributed by atoms with Crippen LogP contribution in [0.15, 0.2) is 48.5 Å². The van der Waals surface area contributed by atoms with Crippen LogP contribution in [0.2, 0.25) is 0 Å². The Hall–Kier alpha value is -4.20. The van der Waals surface area contributed by atoms with Gasteiger partial charge in [-0.1, -0.05) is 0 Å². The van der Waals surface area contributed by atoms with Gasteiger partial charge in [0, 0.05) is 16.8 Å². The van der Waals surface area contributed by atoms with E-state index in [1.807, 2.05) is 6.92 Å². The first kappa shape index (κ1) is 24.9. The number of halogens is 1. The molecule has 0 aromatic heterocycles.